The van der Waals surface area contributed by atoms with Gasteiger partial charge < -0.3 is 20.3 Å². The van der Waals surface area contributed by atoms with E-state index < -0.39 is 6.10 Å². The zero-order valence-electron chi connectivity index (χ0n) is 11.5. The summed E-state index contributed by atoms with van der Waals surface area (Å²) in [6.45, 7) is 0.933. The van der Waals surface area contributed by atoms with Crippen LogP contribution in [0.5, 0.6) is 5.75 Å². The molecule has 0 radical (unpaired) electrons. The van der Waals surface area contributed by atoms with Gasteiger partial charge in [-0.1, -0.05) is 36.4 Å². The number of nitrogen functional groups attached to an aromatic ring is 1. The number of benzene rings is 2. The van der Waals surface area contributed by atoms with Gasteiger partial charge in [0.15, 0.2) is 0 Å². The quantitative estimate of drug-likeness (QED) is 0.626. The lowest BCUT2D eigenvalue weighted by Crippen LogP contribution is -2.09. The minimum atomic E-state index is -0.810. The zero-order valence-corrected chi connectivity index (χ0v) is 11.5. The second-order valence-electron chi connectivity index (χ2n) is 4.41. The maximum absolute atomic E-state index is 10.5. The Kier molecular flexibility index (Phi) is 4.98. The fraction of sp³-hybridized carbons (Fsp3) is 0.250. The molecule has 20 heavy (non-hydrogen) atoms. The van der Waals surface area contributed by atoms with Gasteiger partial charge in [-0.2, -0.15) is 0 Å². The highest BCUT2D eigenvalue weighted by molar-refractivity contribution is 5.52. The number of anilines is 1. The van der Waals surface area contributed by atoms with Crippen molar-refractivity contribution in [2.24, 2.45) is 0 Å². The van der Waals surface area contributed by atoms with Crippen LogP contribution >= 0.6 is 0 Å². The Hall–Kier alpha value is -2.04. The SMILES string of the molecule is COCCOc1ccccc1C(O)c1ccccc1N. The van der Waals surface area contributed by atoms with Crippen molar-refractivity contribution in [1.82, 2.24) is 0 Å². The van der Waals surface area contributed by atoms with Crippen LogP contribution in [0.2, 0.25) is 0 Å². The highest BCUT2D eigenvalue weighted by Gasteiger charge is 2.17. The van der Waals surface area contributed by atoms with Crippen LogP contribution < -0.4 is 10.5 Å². The molecule has 1 unspecified atom stereocenters. The lowest BCUT2D eigenvalue weighted by molar-refractivity contribution is 0.142. The summed E-state index contributed by atoms with van der Waals surface area (Å²) < 4.78 is 10.6. The number of ether oxygens (including phenoxy) is 2. The number of hydrogen-bond acceptors (Lipinski definition) is 4. The van der Waals surface area contributed by atoms with E-state index in [0.29, 0.717) is 35.8 Å². The number of nitrogens with two attached hydrogens (primary N) is 1. The van der Waals surface area contributed by atoms with Gasteiger partial charge in [0.2, 0.25) is 0 Å². The second-order valence-corrected chi connectivity index (χ2v) is 4.41. The molecule has 106 valence electrons. The monoisotopic (exact) mass is 273 g/mol. The first-order valence-electron chi connectivity index (χ1n) is 6.47. The van der Waals surface area contributed by atoms with E-state index in [4.69, 9.17) is 15.2 Å². The summed E-state index contributed by atoms with van der Waals surface area (Å²) in [6, 6.07) is 14.7. The molecule has 0 heterocycles. The highest BCUT2D eigenvalue weighted by Crippen LogP contribution is 2.32. The molecule has 0 amide bonds. The summed E-state index contributed by atoms with van der Waals surface area (Å²) in [4.78, 5) is 0. The third kappa shape index (κ3) is 3.29. The molecule has 2 rings (SSSR count). The van der Waals surface area contributed by atoms with Crippen LogP contribution in [0, 0.1) is 0 Å². The van der Waals surface area contributed by atoms with Gasteiger partial charge in [-0.25, -0.2) is 0 Å². The number of aliphatic hydroxyl groups is 1. The molecule has 2 aromatic rings. The van der Waals surface area contributed by atoms with Crippen LogP contribution in [0.25, 0.3) is 0 Å². The van der Waals surface area contributed by atoms with E-state index in [9.17, 15) is 5.11 Å². The summed E-state index contributed by atoms with van der Waals surface area (Å²) >= 11 is 0. The Morgan fingerprint density at radius 1 is 1.00 bits per heavy atom. The van der Waals surface area contributed by atoms with Gasteiger partial charge in [-0.05, 0) is 12.1 Å². The van der Waals surface area contributed by atoms with E-state index in [1.807, 2.05) is 42.5 Å². The van der Waals surface area contributed by atoms with Crippen molar-refractivity contribution in [2.45, 2.75) is 6.10 Å². The first-order valence-corrected chi connectivity index (χ1v) is 6.47. The zero-order chi connectivity index (χ0) is 14.4. The minimum Gasteiger partial charge on any atom is -0.491 e. The van der Waals surface area contributed by atoms with Gasteiger partial charge in [0.25, 0.3) is 0 Å². The van der Waals surface area contributed by atoms with Gasteiger partial charge >= 0.3 is 0 Å². The average molecular weight is 273 g/mol. The minimum absolute atomic E-state index is 0.435. The maximum atomic E-state index is 10.5. The molecular weight excluding hydrogens is 254 g/mol. The highest BCUT2D eigenvalue weighted by atomic mass is 16.5. The third-order valence-electron chi connectivity index (χ3n) is 3.05. The number of hydrogen-bond donors (Lipinski definition) is 2. The molecule has 0 aliphatic rings. The van der Waals surface area contributed by atoms with Crippen molar-refractivity contribution >= 4 is 5.69 Å². The smallest absolute Gasteiger partial charge is 0.125 e. The molecule has 3 N–H and O–H groups in total. The average Bonchev–Trinajstić information content (AvgIpc) is 2.48. The second kappa shape index (κ2) is 6.93. The van der Waals surface area contributed by atoms with Crippen LogP contribution in [0.1, 0.15) is 17.2 Å². The Bertz CT molecular complexity index is 557. The molecule has 0 spiro atoms. The van der Waals surface area contributed by atoms with E-state index in [0.717, 1.165) is 0 Å². The van der Waals surface area contributed by atoms with Crippen LogP contribution in [-0.4, -0.2) is 25.4 Å². The van der Waals surface area contributed by atoms with Crippen molar-refractivity contribution < 1.29 is 14.6 Å². The number of para-hydroxylation sites is 2. The Labute approximate surface area is 118 Å². The predicted molar refractivity (Wildman–Crippen MR) is 78.7 cm³/mol. The van der Waals surface area contributed by atoms with E-state index in [-0.39, 0.29) is 0 Å². The summed E-state index contributed by atoms with van der Waals surface area (Å²) in [5, 5.41) is 10.5. The van der Waals surface area contributed by atoms with E-state index >= 15 is 0 Å². The lowest BCUT2D eigenvalue weighted by Gasteiger charge is -2.17. The molecule has 1 atom stereocenters. The molecule has 0 fully saturated rings. The Morgan fingerprint density at radius 3 is 2.35 bits per heavy atom. The van der Waals surface area contributed by atoms with Crippen molar-refractivity contribution in [2.75, 3.05) is 26.1 Å². The predicted octanol–water partition coefficient (Wildman–Crippen LogP) is 2.38. The summed E-state index contributed by atoms with van der Waals surface area (Å²) in [5.41, 5.74) is 7.84. The number of rotatable bonds is 6. The van der Waals surface area contributed by atoms with E-state index in [1.54, 1.807) is 13.2 Å². The van der Waals surface area contributed by atoms with Gasteiger partial charge in [0, 0.05) is 23.9 Å². The van der Waals surface area contributed by atoms with Crippen LogP contribution in [0.4, 0.5) is 5.69 Å². The molecule has 0 aliphatic carbocycles. The molecule has 0 bridgehead atoms. The fourth-order valence-electron chi connectivity index (χ4n) is 2.00. The Morgan fingerprint density at radius 2 is 1.65 bits per heavy atom. The normalized spacial score (nSPS) is 12.1. The van der Waals surface area contributed by atoms with Crippen molar-refractivity contribution in [1.29, 1.82) is 0 Å². The van der Waals surface area contributed by atoms with Crippen LogP contribution in [-0.2, 0) is 4.74 Å². The topological polar surface area (TPSA) is 64.7 Å². The maximum Gasteiger partial charge on any atom is 0.125 e. The standard InChI is InChI=1S/C16H19NO3/c1-19-10-11-20-15-9-5-3-7-13(15)16(18)12-6-2-4-8-14(12)17/h2-9,16,18H,10-11,17H2,1H3. The van der Waals surface area contributed by atoms with Crippen molar-refractivity contribution in [3.8, 4) is 5.75 Å². The lowest BCUT2D eigenvalue weighted by atomic mass is 9.99. The van der Waals surface area contributed by atoms with Gasteiger partial charge in [0.05, 0.1) is 6.61 Å². The van der Waals surface area contributed by atoms with Crippen LogP contribution in [0.15, 0.2) is 48.5 Å². The summed E-state index contributed by atoms with van der Waals surface area (Å²) in [6.07, 6.45) is -0.810. The Balaban J connectivity index is 2.25. The van der Waals surface area contributed by atoms with E-state index in [1.165, 1.54) is 0 Å². The molecule has 0 aliphatic heterocycles. The van der Waals surface area contributed by atoms with Gasteiger partial charge in [-0.15, -0.1) is 0 Å². The first kappa shape index (κ1) is 14.4. The number of methoxy groups -OCH3 is 1. The summed E-state index contributed by atoms with van der Waals surface area (Å²) in [5.74, 6) is 0.639. The van der Waals surface area contributed by atoms with Crippen molar-refractivity contribution in [3.05, 3.63) is 59.7 Å². The molecule has 4 nitrogen and oxygen atoms in total. The van der Waals surface area contributed by atoms with Crippen molar-refractivity contribution in [3.63, 3.8) is 0 Å². The largest absolute Gasteiger partial charge is 0.491 e. The molecule has 0 saturated carbocycles. The number of aliphatic hydroxyl groups excluding tert-OH is 1. The molecule has 0 saturated heterocycles. The summed E-state index contributed by atoms with van der Waals surface area (Å²) in [7, 11) is 1.62. The molecule has 4 heteroatoms. The van der Waals surface area contributed by atoms with Gasteiger partial charge in [0.1, 0.15) is 18.5 Å². The fourth-order valence-corrected chi connectivity index (χ4v) is 2.00. The van der Waals surface area contributed by atoms with Gasteiger partial charge in [-0.3, -0.25) is 0 Å². The third-order valence-corrected chi connectivity index (χ3v) is 3.05. The molecule has 0 aromatic heterocycles. The molecular formula is C16H19NO3. The van der Waals surface area contributed by atoms with Crippen LogP contribution in [0.3, 0.4) is 0 Å². The van der Waals surface area contributed by atoms with E-state index in [2.05, 4.69) is 0 Å². The first-order chi connectivity index (χ1) is 9.74. The molecule has 2 aromatic carbocycles.